The molecule has 196 valence electrons. The van der Waals surface area contributed by atoms with E-state index in [4.69, 9.17) is 14.2 Å². The lowest BCUT2D eigenvalue weighted by Crippen LogP contribution is -2.38. The van der Waals surface area contributed by atoms with Gasteiger partial charge in [-0.15, -0.1) is 0 Å². The van der Waals surface area contributed by atoms with Gasteiger partial charge in [-0.2, -0.15) is 0 Å². The first-order chi connectivity index (χ1) is 17.5. The molecule has 2 aromatic carbocycles. The van der Waals surface area contributed by atoms with E-state index in [0.29, 0.717) is 26.3 Å². The van der Waals surface area contributed by atoms with Gasteiger partial charge in [0.05, 0.1) is 32.5 Å². The van der Waals surface area contributed by atoms with Crippen molar-refractivity contribution in [3.63, 3.8) is 0 Å². The lowest BCUT2D eigenvalue weighted by molar-refractivity contribution is 0.0320. The first-order valence-corrected chi connectivity index (χ1v) is 13.1. The molecule has 1 aliphatic heterocycles. The fraction of sp³-hybridized carbons (Fsp3) is 0.517. The van der Waals surface area contributed by atoms with Gasteiger partial charge in [0.1, 0.15) is 6.61 Å². The minimum atomic E-state index is -0.474. The molecule has 36 heavy (non-hydrogen) atoms. The molecule has 2 heterocycles. The molecule has 0 aliphatic carbocycles. The predicted molar refractivity (Wildman–Crippen MR) is 144 cm³/mol. The smallest absolute Gasteiger partial charge is 0.161 e. The molecule has 7 nitrogen and oxygen atoms in total. The summed E-state index contributed by atoms with van der Waals surface area (Å²) in [5.74, 6) is 1.55. The van der Waals surface area contributed by atoms with Crippen molar-refractivity contribution < 1.29 is 19.3 Å². The Labute approximate surface area is 215 Å². The number of rotatable bonds is 12. The number of morpholine rings is 1. The van der Waals surface area contributed by atoms with Crippen LogP contribution in [-0.4, -0.2) is 85.2 Å². The Bertz CT molecular complexity index is 1120. The van der Waals surface area contributed by atoms with E-state index in [-0.39, 0.29) is 0 Å². The number of aliphatic hydroxyl groups excluding tert-OH is 1. The lowest BCUT2D eigenvalue weighted by Gasteiger charge is -2.26. The molecular weight excluding hydrogens is 454 g/mol. The molecule has 3 aromatic rings. The van der Waals surface area contributed by atoms with E-state index in [1.807, 2.05) is 20.0 Å². The highest BCUT2D eigenvalue weighted by Gasteiger charge is 2.16. The van der Waals surface area contributed by atoms with Crippen molar-refractivity contribution in [2.75, 3.05) is 59.7 Å². The monoisotopic (exact) mass is 495 g/mol. The van der Waals surface area contributed by atoms with Crippen molar-refractivity contribution in [3.8, 4) is 11.5 Å². The maximum atomic E-state index is 10.9. The standard InChI is InChI=1S/C29H41N3O4/c1-5-35-29-18-24(10-11-28(29)36-17-14-31-12-15-34-16-13-31)19-30(4)20-25(33)21-32-23(3)22(2)26-8-6-7-9-27(26)32/h6-11,18,25,33H,5,12-17,19-21H2,1-4H3/t25-/m1/s1. The highest BCUT2D eigenvalue weighted by molar-refractivity contribution is 5.85. The van der Waals surface area contributed by atoms with Gasteiger partial charge in [-0.1, -0.05) is 24.3 Å². The molecule has 0 spiro atoms. The summed E-state index contributed by atoms with van der Waals surface area (Å²) >= 11 is 0. The summed E-state index contributed by atoms with van der Waals surface area (Å²) in [6.07, 6.45) is -0.474. The molecule has 1 aliphatic rings. The lowest BCUT2D eigenvalue weighted by atomic mass is 10.2. The zero-order chi connectivity index (χ0) is 25.5. The summed E-state index contributed by atoms with van der Waals surface area (Å²) in [6, 6.07) is 14.6. The van der Waals surface area contributed by atoms with Crippen LogP contribution < -0.4 is 9.47 Å². The first-order valence-electron chi connectivity index (χ1n) is 13.1. The van der Waals surface area contributed by atoms with Crippen molar-refractivity contribution in [2.45, 2.75) is 40.0 Å². The van der Waals surface area contributed by atoms with Gasteiger partial charge in [0.15, 0.2) is 11.5 Å². The zero-order valence-electron chi connectivity index (χ0n) is 22.2. The average molecular weight is 496 g/mol. The Hall–Kier alpha value is -2.58. The second-order valence-electron chi connectivity index (χ2n) is 9.71. The third kappa shape index (κ3) is 6.59. The number of hydrogen-bond acceptors (Lipinski definition) is 6. The summed E-state index contributed by atoms with van der Waals surface area (Å²) in [5, 5.41) is 12.2. The molecule has 0 unspecified atom stereocenters. The topological polar surface area (TPSA) is 59.3 Å². The maximum Gasteiger partial charge on any atom is 0.161 e. The van der Waals surface area contributed by atoms with Crippen LogP contribution in [0.4, 0.5) is 0 Å². The third-order valence-electron chi connectivity index (χ3n) is 6.99. The summed E-state index contributed by atoms with van der Waals surface area (Å²) in [7, 11) is 2.04. The molecule has 1 atom stereocenters. The van der Waals surface area contributed by atoms with Crippen molar-refractivity contribution in [3.05, 3.63) is 59.3 Å². The summed E-state index contributed by atoms with van der Waals surface area (Å²) in [5.41, 5.74) is 4.80. The highest BCUT2D eigenvalue weighted by atomic mass is 16.5. The quantitative estimate of drug-likeness (QED) is 0.412. The number of hydrogen-bond donors (Lipinski definition) is 1. The molecule has 0 amide bonds. The highest BCUT2D eigenvalue weighted by Crippen LogP contribution is 2.29. The second-order valence-corrected chi connectivity index (χ2v) is 9.71. The SMILES string of the molecule is CCOc1cc(CN(C)C[C@@H](O)Cn2c(C)c(C)c3ccccc32)ccc1OCCN1CCOCC1. The van der Waals surface area contributed by atoms with Crippen molar-refractivity contribution >= 4 is 10.9 Å². The molecule has 0 saturated carbocycles. The molecule has 1 fully saturated rings. The largest absolute Gasteiger partial charge is 0.490 e. The van der Waals surface area contributed by atoms with Crippen LogP contribution >= 0.6 is 0 Å². The van der Waals surface area contributed by atoms with Crippen molar-refractivity contribution in [2.24, 2.45) is 0 Å². The van der Waals surface area contributed by atoms with Gasteiger partial charge < -0.3 is 23.9 Å². The molecular formula is C29H41N3O4. The Morgan fingerprint density at radius 1 is 1.06 bits per heavy atom. The number of aliphatic hydroxyl groups is 1. The summed E-state index contributed by atoms with van der Waals surface area (Å²) in [6.45, 7) is 13.7. The average Bonchev–Trinajstić information content (AvgIpc) is 3.11. The zero-order valence-corrected chi connectivity index (χ0v) is 22.2. The van der Waals surface area contributed by atoms with Gasteiger partial charge in [-0.3, -0.25) is 9.80 Å². The maximum absolute atomic E-state index is 10.9. The molecule has 4 rings (SSSR count). The Morgan fingerprint density at radius 3 is 2.61 bits per heavy atom. The molecule has 7 heteroatoms. The van der Waals surface area contributed by atoms with E-state index in [0.717, 1.165) is 56.5 Å². The van der Waals surface area contributed by atoms with Crippen LogP contribution in [0, 0.1) is 13.8 Å². The van der Waals surface area contributed by atoms with Crippen LogP contribution in [0.25, 0.3) is 10.9 Å². The van der Waals surface area contributed by atoms with Crippen LogP contribution in [0.1, 0.15) is 23.7 Å². The van der Waals surface area contributed by atoms with Gasteiger partial charge in [0, 0.05) is 49.3 Å². The Kier molecular flexibility index (Phi) is 9.26. The second kappa shape index (κ2) is 12.6. The van der Waals surface area contributed by atoms with E-state index >= 15 is 0 Å². The minimum Gasteiger partial charge on any atom is -0.490 e. The van der Waals surface area contributed by atoms with Crippen molar-refractivity contribution in [1.29, 1.82) is 0 Å². The van der Waals surface area contributed by atoms with Gasteiger partial charge >= 0.3 is 0 Å². The first kappa shape index (κ1) is 26.5. The minimum absolute atomic E-state index is 0.474. The number of nitrogens with zero attached hydrogens (tertiary/aromatic N) is 3. The number of likely N-dealkylation sites (N-methyl/N-ethyl adjacent to an activating group) is 1. The van der Waals surface area contributed by atoms with E-state index in [1.165, 1.54) is 22.2 Å². The summed E-state index contributed by atoms with van der Waals surface area (Å²) < 4.78 is 19.6. The van der Waals surface area contributed by atoms with Crippen LogP contribution in [0.15, 0.2) is 42.5 Å². The van der Waals surface area contributed by atoms with E-state index in [1.54, 1.807) is 0 Å². The molecule has 1 aromatic heterocycles. The molecule has 0 bridgehead atoms. The number of para-hydroxylation sites is 1. The number of benzene rings is 2. The van der Waals surface area contributed by atoms with Gasteiger partial charge in [0.2, 0.25) is 0 Å². The normalized spacial score (nSPS) is 15.5. The third-order valence-corrected chi connectivity index (χ3v) is 6.99. The van der Waals surface area contributed by atoms with Gasteiger partial charge in [-0.05, 0) is 57.1 Å². The fourth-order valence-corrected chi connectivity index (χ4v) is 4.99. The number of ether oxygens (including phenoxy) is 3. The van der Waals surface area contributed by atoms with Crippen LogP contribution in [-0.2, 0) is 17.8 Å². The number of aromatic nitrogens is 1. The van der Waals surface area contributed by atoms with E-state index in [2.05, 4.69) is 64.6 Å². The number of fused-ring (bicyclic) bond motifs is 1. The predicted octanol–water partition coefficient (Wildman–Crippen LogP) is 3.86. The van der Waals surface area contributed by atoms with Crippen LogP contribution in [0.2, 0.25) is 0 Å². The Morgan fingerprint density at radius 2 is 1.83 bits per heavy atom. The van der Waals surface area contributed by atoms with E-state index < -0.39 is 6.10 Å². The summed E-state index contributed by atoms with van der Waals surface area (Å²) in [4.78, 5) is 4.51. The van der Waals surface area contributed by atoms with E-state index in [9.17, 15) is 5.11 Å². The molecule has 0 radical (unpaired) electrons. The Balaban J connectivity index is 1.33. The molecule has 1 saturated heterocycles. The van der Waals surface area contributed by atoms with Crippen LogP contribution in [0.5, 0.6) is 11.5 Å². The van der Waals surface area contributed by atoms with Crippen molar-refractivity contribution in [1.82, 2.24) is 14.4 Å². The molecule has 1 N–H and O–H groups in total. The van der Waals surface area contributed by atoms with Crippen LogP contribution in [0.3, 0.4) is 0 Å². The van der Waals surface area contributed by atoms with Gasteiger partial charge in [-0.25, -0.2) is 0 Å². The van der Waals surface area contributed by atoms with Gasteiger partial charge in [0.25, 0.3) is 0 Å². The fourth-order valence-electron chi connectivity index (χ4n) is 4.99. The number of aryl methyl sites for hydroxylation is 1.